The van der Waals surface area contributed by atoms with Gasteiger partial charge in [-0.15, -0.1) is 0 Å². The maximum atomic E-state index is 3.58. The summed E-state index contributed by atoms with van der Waals surface area (Å²) >= 11 is 3.58. The molecule has 0 aliphatic heterocycles. The number of hydrogen-bond donors (Lipinski definition) is 0. The number of allylic oxidation sites excluding steroid dienone is 1. The third-order valence-electron chi connectivity index (χ3n) is 2.89. The van der Waals surface area contributed by atoms with Crippen LogP contribution >= 0.6 is 15.9 Å². The fraction of sp³-hybridized carbons (Fsp3) is 0.444. The van der Waals surface area contributed by atoms with Crippen LogP contribution in [0.1, 0.15) is 31.9 Å². The van der Waals surface area contributed by atoms with Crippen LogP contribution in [-0.2, 0) is 6.54 Å². The second-order valence-corrected chi connectivity index (χ2v) is 7.00. The van der Waals surface area contributed by atoms with E-state index in [2.05, 4.69) is 91.7 Å². The van der Waals surface area contributed by atoms with E-state index in [4.69, 9.17) is 0 Å². The molecule has 0 N–H and O–H groups in total. The monoisotopic (exact) mass is 333 g/mol. The molecule has 0 saturated carbocycles. The predicted molar refractivity (Wildman–Crippen MR) is 91.6 cm³/mol. The third-order valence-corrected chi connectivity index (χ3v) is 3.74. The summed E-state index contributed by atoms with van der Waals surface area (Å²) in [5.74, 6) is 6.30. The minimum atomic E-state index is 0.0731. The molecule has 0 aliphatic carbocycles. The topological polar surface area (TPSA) is 3.24 Å². The fourth-order valence-corrected chi connectivity index (χ4v) is 2.14. The minimum absolute atomic E-state index is 0.0731. The maximum absolute atomic E-state index is 3.58. The van der Waals surface area contributed by atoms with Crippen LogP contribution in [0.15, 0.2) is 34.8 Å². The first-order valence-electron chi connectivity index (χ1n) is 6.90. The Morgan fingerprint density at radius 1 is 1.30 bits per heavy atom. The molecule has 0 fully saturated rings. The molecule has 0 heterocycles. The maximum Gasteiger partial charge on any atom is 0.0237 e. The molecule has 20 heavy (non-hydrogen) atoms. The van der Waals surface area contributed by atoms with Crippen molar-refractivity contribution in [1.82, 2.24) is 4.90 Å². The van der Waals surface area contributed by atoms with Crippen LogP contribution in [-0.4, -0.2) is 18.5 Å². The van der Waals surface area contributed by atoms with Gasteiger partial charge in [-0.3, -0.25) is 4.90 Å². The molecular formula is C18H24BrN. The normalized spacial score (nSPS) is 11.8. The smallest absolute Gasteiger partial charge is 0.0237 e. The van der Waals surface area contributed by atoms with Gasteiger partial charge in [-0.25, -0.2) is 0 Å². The van der Waals surface area contributed by atoms with Crippen LogP contribution in [0.25, 0.3) is 0 Å². The van der Waals surface area contributed by atoms with Gasteiger partial charge >= 0.3 is 0 Å². The van der Waals surface area contributed by atoms with Gasteiger partial charge in [0.1, 0.15) is 0 Å². The van der Waals surface area contributed by atoms with Gasteiger partial charge in [0.05, 0.1) is 0 Å². The zero-order valence-corrected chi connectivity index (χ0v) is 14.7. The van der Waals surface area contributed by atoms with Crippen molar-refractivity contribution in [1.29, 1.82) is 0 Å². The van der Waals surface area contributed by atoms with Crippen molar-refractivity contribution in [3.05, 3.63) is 46.0 Å². The van der Waals surface area contributed by atoms with Crippen LogP contribution < -0.4 is 0 Å². The molecule has 1 aromatic rings. The second kappa shape index (κ2) is 7.67. The number of likely N-dealkylation sites (N-methyl/N-ethyl adjacent to an activating group) is 1. The Balaban J connectivity index is 2.52. The molecule has 1 rings (SSSR count). The SMILES string of the molecule is Cc1c(Br)cccc1CN(C)C/C=C/C#CC(C)(C)C. The Kier molecular flexibility index (Phi) is 6.52. The largest absolute Gasteiger partial charge is 0.298 e. The van der Waals surface area contributed by atoms with Gasteiger partial charge in [-0.05, 0) is 58.0 Å². The lowest BCUT2D eigenvalue weighted by Crippen LogP contribution is -2.18. The van der Waals surface area contributed by atoms with E-state index < -0.39 is 0 Å². The molecule has 2 heteroatoms. The number of halogens is 1. The molecule has 108 valence electrons. The summed E-state index contributed by atoms with van der Waals surface area (Å²) in [6.07, 6.45) is 4.07. The molecule has 0 amide bonds. The van der Waals surface area contributed by atoms with Gasteiger partial charge in [-0.1, -0.05) is 46.0 Å². The molecule has 0 spiro atoms. The van der Waals surface area contributed by atoms with Gasteiger partial charge in [0.2, 0.25) is 0 Å². The Labute approximate surface area is 132 Å². The molecule has 0 unspecified atom stereocenters. The highest BCUT2D eigenvalue weighted by molar-refractivity contribution is 9.10. The van der Waals surface area contributed by atoms with Gasteiger partial charge in [0, 0.05) is 23.0 Å². The van der Waals surface area contributed by atoms with E-state index >= 15 is 0 Å². The van der Waals surface area contributed by atoms with E-state index in [0.717, 1.165) is 13.1 Å². The quantitative estimate of drug-likeness (QED) is 0.715. The molecule has 0 aliphatic rings. The second-order valence-electron chi connectivity index (χ2n) is 6.14. The predicted octanol–water partition coefficient (Wildman–Crippen LogP) is 4.80. The number of hydrogen-bond acceptors (Lipinski definition) is 1. The zero-order valence-electron chi connectivity index (χ0n) is 13.1. The van der Waals surface area contributed by atoms with Crippen LogP contribution in [0.5, 0.6) is 0 Å². The lowest BCUT2D eigenvalue weighted by Gasteiger charge is -2.16. The minimum Gasteiger partial charge on any atom is -0.298 e. The van der Waals surface area contributed by atoms with Crippen molar-refractivity contribution in [3.63, 3.8) is 0 Å². The molecule has 0 radical (unpaired) electrons. The summed E-state index contributed by atoms with van der Waals surface area (Å²) in [6.45, 7) is 10.4. The Bertz CT molecular complexity index is 527. The van der Waals surface area contributed by atoms with Crippen molar-refractivity contribution in [2.24, 2.45) is 5.41 Å². The van der Waals surface area contributed by atoms with Crippen LogP contribution in [0, 0.1) is 24.2 Å². The van der Waals surface area contributed by atoms with Crippen LogP contribution in [0.2, 0.25) is 0 Å². The molecule has 0 atom stereocenters. The Hall–Kier alpha value is -1.04. The lowest BCUT2D eigenvalue weighted by molar-refractivity contribution is 0.362. The Morgan fingerprint density at radius 3 is 2.65 bits per heavy atom. The summed E-state index contributed by atoms with van der Waals surface area (Å²) in [7, 11) is 2.13. The molecule has 1 aromatic carbocycles. The number of benzene rings is 1. The lowest BCUT2D eigenvalue weighted by atomic mass is 9.98. The number of rotatable bonds is 4. The first-order valence-corrected chi connectivity index (χ1v) is 7.69. The van der Waals surface area contributed by atoms with Gasteiger partial charge < -0.3 is 0 Å². The molecule has 1 nitrogen and oxygen atoms in total. The standard InChI is InChI=1S/C18H24BrN/c1-15-16(10-9-11-17(15)19)14-20(5)13-8-6-7-12-18(2,3)4/h6,8-11H,13-14H2,1-5H3/b8-6+. The fourth-order valence-electron chi connectivity index (χ4n) is 1.73. The van der Waals surface area contributed by atoms with Crippen molar-refractivity contribution in [2.75, 3.05) is 13.6 Å². The third kappa shape index (κ3) is 6.41. The Morgan fingerprint density at radius 2 is 2.00 bits per heavy atom. The van der Waals surface area contributed by atoms with E-state index in [0.29, 0.717) is 0 Å². The van der Waals surface area contributed by atoms with E-state index in [9.17, 15) is 0 Å². The van der Waals surface area contributed by atoms with Crippen LogP contribution in [0.4, 0.5) is 0 Å². The summed E-state index contributed by atoms with van der Waals surface area (Å²) < 4.78 is 1.18. The molecule has 0 bridgehead atoms. The van der Waals surface area contributed by atoms with E-state index in [1.54, 1.807) is 0 Å². The van der Waals surface area contributed by atoms with E-state index in [1.807, 2.05) is 6.08 Å². The van der Waals surface area contributed by atoms with Crippen LogP contribution in [0.3, 0.4) is 0 Å². The first kappa shape index (κ1) is 17.0. The summed E-state index contributed by atoms with van der Waals surface area (Å²) in [5.41, 5.74) is 2.75. The molecule has 0 saturated heterocycles. The highest BCUT2D eigenvalue weighted by Gasteiger charge is 2.04. The summed E-state index contributed by atoms with van der Waals surface area (Å²) in [5, 5.41) is 0. The van der Waals surface area contributed by atoms with Gasteiger partial charge in [0.15, 0.2) is 0 Å². The van der Waals surface area contributed by atoms with Gasteiger partial charge in [0.25, 0.3) is 0 Å². The number of nitrogens with zero attached hydrogens (tertiary/aromatic N) is 1. The molecule has 0 aromatic heterocycles. The summed E-state index contributed by atoms with van der Waals surface area (Å²) in [4.78, 5) is 2.28. The zero-order chi connectivity index (χ0) is 15.2. The van der Waals surface area contributed by atoms with Crippen molar-refractivity contribution in [3.8, 4) is 11.8 Å². The first-order chi connectivity index (χ1) is 9.29. The van der Waals surface area contributed by atoms with Crippen molar-refractivity contribution >= 4 is 15.9 Å². The van der Waals surface area contributed by atoms with E-state index in [1.165, 1.54) is 15.6 Å². The van der Waals surface area contributed by atoms with Crippen molar-refractivity contribution in [2.45, 2.75) is 34.2 Å². The average Bonchev–Trinajstić information content (AvgIpc) is 2.33. The van der Waals surface area contributed by atoms with Crippen molar-refractivity contribution < 1.29 is 0 Å². The highest BCUT2D eigenvalue weighted by Crippen LogP contribution is 2.20. The highest BCUT2D eigenvalue weighted by atomic mass is 79.9. The summed E-state index contributed by atoms with van der Waals surface area (Å²) in [6, 6.07) is 6.35. The van der Waals surface area contributed by atoms with Gasteiger partial charge in [-0.2, -0.15) is 0 Å². The molecular weight excluding hydrogens is 310 g/mol. The van der Waals surface area contributed by atoms with E-state index in [-0.39, 0.29) is 5.41 Å². The average molecular weight is 334 g/mol.